The summed E-state index contributed by atoms with van der Waals surface area (Å²) in [6.07, 6.45) is 0.882. The van der Waals surface area contributed by atoms with Gasteiger partial charge in [0, 0.05) is 41.9 Å². The Hall–Kier alpha value is -5.32. The Labute approximate surface area is 258 Å². The van der Waals surface area contributed by atoms with E-state index in [0.29, 0.717) is 0 Å². The van der Waals surface area contributed by atoms with Gasteiger partial charge in [-0.15, -0.1) is 11.3 Å². The predicted octanol–water partition coefficient (Wildman–Crippen LogP) is 10.7. The number of fused-ring (bicyclic) bond motifs is 7. The van der Waals surface area contributed by atoms with E-state index >= 15 is 0 Å². The summed E-state index contributed by atoms with van der Waals surface area (Å²) in [5.74, 6) is 1.64. The molecule has 3 aromatic heterocycles. The Morgan fingerprint density at radius 2 is 1.36 bits per heavy atom. The van der Waals surface area contributed by atoms with Gasteiger partial charge in [-0.1, -0.05) is 103 Å². The number of rotatable bonds is 4. The summed E-state index contributed by atoms with van der Waals surface area (Å²) in [7, 11) is 0. The molecular weight excluding hydrogens is 555 g/mol. The van der Waals surface area contributed by atoms with Crippen LogP contribution in [0.3, 0.4) is 0 Å². The summed E-state index contributed by atoms with van der Waals surface area (Å²) in [5, 5.41) is 6.21. The van der Waals surface area contributed by atoms with Gasteiger partial charge >= 0.3 is 0 Å². The lowest BCUT2D eigenvalue weighted by Crippen LogP contribution is -2.03. The highest BCUT2D eigenvalue weighted by Crippen LogP contribution is 2.39. The first-order valence-corrected chi connectivity index (χ1v) is 15.8. The quantitative estimate of drug-likeness (QED) is 0.207. The summed E-state index contributed by atoms with van der Waals surface area (Å²) < 4.78 is 5.08. The van der Waals surface area contributed by atoms with Gasteiger partial charge in [-0.25, -0.2) is 9.97 Å². The van der Waals surface area contributed by atoms with Crippen molar-refractivity contribution in [3.8, 4) is 17.2 Å². The fraction of sp³-hybridized carbons (Fsp3) is 0.0500. The zero-order chi connectivity index (χ0) is 29.2. The van der Waals surface area contributed by atoms with Crippen molar-refractivity contribution in [1.29, 1.82) is 0 Å². The van der Waals surface area contributed by atoms with Crippen LogP contribution in [0, 0.1) is 6.92 Å². The fourth-order valence-corrected chi connectivity index (χ4v) is 7.94. The number of para-hydroxylation sites is 2. The zero-order valence-electron chi connectivity index (χ0n) is 24.2. The Morgan fingerprint density at radius 3 is 2.27 bits per heavy atom. The first kappa shape index (κ1) is 25.2. The molecule has 9 rings (SSSR count). The maximum Gasteiger partial charge on any atom is 0.162 e. The Morgan fingerprint density at radius 1 is 0.614 bits per heavy atom. The minimum Gasteiger partial charge on any atom is -0.293 e. The number of aromatic nitrogens is 3. The lowest BCUT2D eigenvalue weighted by atomic mass is 10.0. The van der Waals surface area contributed by atoms with Gasteiger partial charge in [0.15, 0.2) is 5.82 Å². The van der Waals surface area contributed by atoms with Crippen LogP contribution in [-0.4, -0.2) is 14.5 Å². The molecule has 0 aliphatic rings. The molecule has 0 radical (unpaired) electrons. The summed E-state index contributed by atoms with van der Waals surface area (Å²) in [6.45, 7) is 2.20. The van der Waals surface area contributed by atoms with Crippen LogP contribution in [0.2, 0.25) is 0 Å². The van der Waals surface area contributed by atoms with E-state index in [-0.39, 0.29) is 0 Å². The smallest absolute Gasteiger partial charge is 0.162 e. The van der Waals surface area contributed by atoms with E-state index in [2.05, 4.69) is 127 Å². The van der Waals surface area contributed by atoms with Crippen molar-refractivity contribution in [2.45, 2.75) is 13.3 Å². The molecule has 9 aromatic rings. The number of aryl methyl sites for hydroxylation is 1. The van der Waals surface area contributed by atoms with Crippen molar-refractivity contribution in [1.82, 2.24) is 14.5 Å². The maximum atomic E-state index is 5.25. The second kappa shape index (κ2) is 9.87. The van der Waals surface area contributed by atoms with E-state index < -0.39 is 0 Å². The molecular formula is C40H27N3S. The SMILES string of the molecule is Cc1cccc2c3cc(Cc4cccc5c4sc4ccccc45)ccc3n(-c3nc(-c4ccccc4)nc4ccccc34)c12. The van der Waals surface area contributed by atoms with Gasteiger partial charge in [0.1, 0.15) is 5.82 Å². The molecule has 0 aliphatic heterocycles. The Balaban J connectivity index is 1.27. The van der Waals surface area contributed by atoms with Gasteiger partial charge in [0.05, 0.1) is 16.6 Å². The van der Waals surface area contributed by atoms with Crippen LogP contribution in [0.15, 0.2) is 133 Å². The average Bonchev–Trinajstić information content (AvgIpc) is 3.62. The van der Waals surface area contributed by atoms with Crippen molar-refractivity contribution < 1.29 is 0 Å². The van der Waals surface area contributed by atoms with Crippen LogP contribution in [-0.2, 0) is 6.42 Å². The zero-order valence-corrected chi connectivity index (χ0v) is 25.0. The molecule has 0 N–H and O–H groups in total. The van der Waals surface area contributed by atoms with Gasteiger partial charge in [0.25, 0.3) is 0 Å². The highest BCUT2D eigenvalue weighted by Gasteiger charge is 2.19. The third kappa shape index (κ3) is 3.88. The van der Waals surface area contributed by atoms with Crippen LogP contribution in [0.5, 0.6) is 0 Å². The second-order valence-corrected chi connectivity index (χ2v) is 12.5. The monoisotopic (exact) mass is 581 g/mol. The van der Waals surface area contributed by atoms with Crippen LogP contribution in [0.4, 0.5) is 0 Å². The molecule has 0 amide bonds. The molecule has 0 aliphatic carbocycles. The van der Waals surface area contributed by atoms with Crippen molar-refractivity contribution in [2.75, 3.05) is 0 Å². The third-order valence-corrected chi connectivity index (χ3v) is 10.0. The number of hydrogen-bond acceptors (Lipinski definition) is 3. The first-order chi connectivity index (χ1) is 21.7. The topological polar surface area (TPSA) is 30.7 Å². The van der Waals surface area contributed by atoms with Crippen LogP contribution < -0.4 is 0 Å². The minimum absolute atomic E-state index is 0.732. The standard InChI is InChI=1S/C40H27N3S/c1-25-11-9-17-30-33-24-26(23-28-14-10-18-31-29-15-6-8-20-36(29)44-38(28)31)21-22-35(33)43(37(25)30)40-32-16-5-7-19-34(32)41-39(42-40)27-12-3-2-4-13-27/h2-22,24H,23H2,1H3. The van der Waals surface area contributed by atoms with Crippen molar-refractivity contribution in [3.05, 3.63) is 150 Å². The molecule has 0 fully saturated rings. The summed E-state index contributed by atoms with van der Waals surface area (Å²) in [4.78, 5) is 10.2. The highest BCUT2D eigenvalue weighted by molar-refractivity contribution is 7.26. The van der Waals surface area contributed by atoms with Crippen molar-refractivity contribution in [2.24, 2.45) is 0 Å². The fourth-order valence-electron chi connectivity index (χ4n) is 6.73. The highest BCUT2D eigenvalue weighted by atomic mass is 32.1. The summed E-state index contributed by atoms with van der Waals surface area (Å²) in [5.41, 5.74) is 8.19. The first-order valence-electron chi connectivity index (χ1n) is 15.0. The molecule has 6 aromatic carbocycles. The molecule has 0 bridgehead atoms. The number of hydrogen-bond donors (Lipinski definition) is 0. The number of benzene rings is 6. The van der Waals surface area contributed by atoms with E-state index in [4.69, 9.17) is 9.97 Å². The number of thiophene rings is 1. The average molecular weight is 582 g/mol. The van der Waals surface area contributed by atoms with Crippen molar-refractivity contribution >= 4 is 64.2 Å². The van der Waals surface area contributed by atoms with E-state index in [1.165, 1.54) is 53.2 Å². The van der Waals surface area contributed by atoms with E-state index in [0.717, 1.165) is 40.0 Å². The molecule has 3 heterocycles. The normalized spacial score (nSPS) is 11.8. The third-order valence-electron chi connectivity index (χ3n) is 8.76. The molecule has 0 spiro atoms. The van der Waals surface area contributed by atoms with E-state index in [9.17, 15) is 0 Å². The minimum atomic E-state index is 0.732. The summed E-state index contributed by atoms with van der Waals surface area (Å²) >= 11 is 1.90. The van der Waals surface area contributed by atoms with Crippen LogP contribution in [0.1, 0.15) is 16.7 Å². The Kier molecular flexibility index (Phi) is 5.65. The van der Waals surface area contributed by atoms with Gasteiger partial charge in [-0.05, 0) is 60.4 Å². The van der Waals surface area contributed by atoms with Crippen LogP contribution >= 0.6 is 11.3 Å². The molecule has 0 saturated heterocycles. The lowest BCUT2D eigenvalue weighted by Gasteiger charge is -2.13. The van der Waals surface area contributed by atoms with Crippen LogP contribution in [0.25, 0.3) is 70.1 Å². The molecule has 0 unspecified atom stereocenters. The van der Waals surface area contributed by atoms with Gasteiger partial charge in [0.2, 0.25) is 0 Å². The maximum absolute atomic E-state index is 5.25. The molecule has 208 valence electrons. The largest absolute Gasteiger partial charge is 0.293 e. The van der Waals surface area contributed by atoms with Crippen molar-refractivity contribution in [3.63, 3.8) is 0 Å². The molecule has 4 heteroatoms. The van der Waals surface area contributed by atoms with E-state index in [1.807, 2.05) is 29.5 Å². The molecule has 0 atom stereocenters. The molecule has 44 heavy (non-hydrogen) atoms. The second-order valence-electron chi connectivity index (χ2n) is 11.5. The summed E-state index contributed by atoms with van der Waals surface area (Å²) in [6, 6.07) is 47.7. The lowest BCUT2D eigenvalue weighted by molar-refractivity contribution is 1.07. The predicted molar refractivity (Wildman–Crippen MR) is 186 cm³/mol. The molecule has 3 nitrogen and oxygen atoms in total. The van der Waals surface area contributed by atoms with E-state index in [1.54, 1.807) is 0 Å². The Bertz CT molecular complexity index is 2540. The molecule has 0 saturated carbocycles. The number of nitrogens with zero attached hydrogens (tertiary/aromatic N) is 3. The van der Waals surface area contributed by atoms with Gasteiger partial charge in [-0.2, -0.15) is 0 Å². The van der Waals surface area contributed by atoms with Gasteiger partial charge < -0.3 is 0 Å². The van der Waals surface area contributed by atoms with Gasteiger partial charge in [-0.3, -0.25) is 4.57 Å².